The van der Waals surface area contributed by atoms with Crippen LogP contribution in [0.4, 0.5) is 0 Å². The zero-order chi connectivity index (χ0) is 4.83. The van der Waals surface area contributed by atoms with Gasteiger partial charge >= 0.3 is 8.46 Å². The van der Waals surface area contributed by atoms with Gasteiger partial charge in [-0.2, -0.15) is 0 Å². The third-order valence-corrected chi connectivity index (χ3v) is 1.53. The van der Waals surface area contributed by atoms with Crippen molar-refractivity contribution in [3.05, 3.63) is 0 Å². The quantitative estimate of drug-likeness (QED) is 0.358. The summed E-state index contributed by atoms with van der Waals surface area (Å²) < 4.78 is 9.70. The summed E-state index contributed by atoms with van der Waals surface area (Å²) in [6, 6.07) is 0. The van der Waals surface area contributed by atoms with Crippen LogP contribution in [-0.4, -0.2) is 11.5 Å². The maximum Gasteiger partial charge on any atom is 0.324 e. The first-order valence-corrected chi connectivity index (χ1v) is 4.06. The van der Waals surface area contributed by atoms with E-state index in [-0.39, 0.29) is 8.46 Å². The zero-order valence-electron chi connectivity index (χ0n) is 3.41. The van der Waals surface area contributed by atoms with E-state index in [0.717, 1.165) is 17.9 Å². The monoisotopic (exact) mass is 169 g/mol. The van der Waals surface area contributed by atoms with E-state index in [1.165, 1.54) is 0 Å². The molecule has 36 valence electrons. The van der Waals surface area contributed by atoms with Gasteiger partial charge in [0.15, 0.2) is 0 Å². The van der Waals surface area contributed by atoms with Gasteiger partial charge in [-0.25, -0.2) is 0 Å². The number of alkyl halides is 1. The Morgan fingerprint density at radius 3 is 2.50 bits per heavy atom. The van der Waals surface area contributed by atoms with Gasteiger partial charge in [0.05, 0.1) is 0 Å². The van der Waals surface area contributed by atoms with Crippen molar-refractivity contribution in [3.63, 3.8) is 0 Å². The molecule has 0 rings (SSSR count). The lowest BCUT2D eigenvalue weighted by atomic mass is 10.6. The third kappa shape index (κ3) is 4.58. The van der Waals surface area contributed by atoms with Crippen molar-refractivity contribution < 1.29 is 4.57 Å². The topological polar surface area (TPSA) is 17.1 Å². The first-order valence-electron chi connectivity index (χ1n) is 1.82. The largest absolute Gasteiger partial charge is 0.324 e. The second-order valence-corrected chi connectivity index (χ2v) is 2.52. The molecule has 0 saturated carbocycles. The Morgan fingerprint density at radius 2 is 2.33 bits per heavy atom. The minimum absolute atomic E-state index is 0.115. The van der Waals surface area contributed by atoms with Crippen LogP contribution >= 0.6 is 24.4 Å². The van der Waals surface area contributed by atoms with Gasteiger partial charge in [-0.3, -0.25) is 0 Å². The molecule has 0 aromatic heterocycles. The summed E-state index contributed by atoms with van der Waals surface area (Å²) in [6.45, 7) is 0. The predicted molar refractivity (Wildman–Crippen MR) is 32.3 cm³/mol. The molecular formula is C3H7BrOP+. The van der Waals surface area contributed by atoms with Gasteiger partial charge in [-0.05, 0) is 0 Å². The molecule has 1 nitrogen and oxygen atoms in total. The second-order valence-electron chi connectivity index (χ2n) is 0.937. The highest BCUT2D eigenvalue weighted by atomic mass is 79.9. The van der Waals surface area contributed by atoms with Crippen LogP contribution in [0.1, 0.15) is 6.42 Å². The van der Waals surface area contributed by atoms with Crippen LogP contribution in [0.3, 0.4) is 0 Å². The Bertz CT molecular complexity index is 39.8. The molecule has 0 saturated heterocycles. The molecule has 1 atom stereocenters. The van der Waals surface area contributed by atoms with Gasteiger partial charge in [0.1, 0.15) is 6.16 Å². The summed E-state index contributed by atoms with van der Waals surface area (Å²) in [6.07, 6.45) is 1.87. The summed E-state index contributed by atoms with van der Waals surface area (Å²) in [4.78, 5) is 0. The maximum atomic E-state index is 9.70. The maximum absolute atomic E-state index is 9.70. The van der Waals surface area contributed by atoms with Gasteiger partial charge in [0, 0.05) is 11.8 Å². The molecule has 0 bridgehead atoms. The summed E-state index contributed by atoms with van der Waals surface area (Å²) in [7, 11) is -0.115. The van der Waals surface area contributed by atoms with E-state index in [2.05, 4.69) is 15.9 Å². The Labute approximate surface area is 47.5 Å². The fraction of sp³-hybridized carbons (Fsp3) is 1.00. The van der Waals surface area contributed by atoms with Crippen molar-refractivity contribution in [3.8, 4) is 0 Å². The fourth-order valence-corrected chi connectivity index (χ4v) is 1.26. The average Bonchev–Trinajstić information content (AvgIpc) is 1.61. The van der Waals surface area contributed by atoms with Crippen LogP contribution in [0, 0.1) is 0 Å². The molecule has 0 N–H and O–H groups in total. The van der Waals surface area contributed by atoms with Crippen molar-refractivity contribution in [2.75, 3.05) is 11.5 Å². The molecule has 1 unspecified atom stereocenters. The second kappa shape index (κ2) is 5.58. The van der Waals surface area contributed by atoms with Crippen molar-refractivity contribution >= 4 is 24.4 Å². The molecule has 0 fully saturated rings. The van der Waals surface area contributed by atoms with E-state index < -0.39 is 0 Å². The summed E-state index contributed by atoms with van der Waals surface area (Å²) >= 11 is 3.22. The Balaban J connectivity index is 2.49. The van der Waals surface area contributed by atoms with Gasteiger partial charge in [-0.1, -0.05) is 20.5 Å². The molecular weight excluding hydrogens is 163 g/mol. The van der Waals surface area contributed by atoms with Crippen molar-refractivity contribution in [1.82, 2.24) is 0 Å². The number of halogens is 1. The van der Waals surface area contributed by atoms with E-state index in [4.69, 9.17) is 0 Å². The summed E-state index contributed by atoms with van der Waals surface area (Å²) in [5, 5.41) is 0.974. The van der Waals surface area contributed by atoms with Crippen LogP contribution in [0.25, 0.3) is 0 Å². The normalized spacial score (nSPS) is 9.50. The molecule has 0 aliphatic heterocycles. The molecule has 6 heavy (non-hydrogen) atoms. The molecule has 0 radical (unpaired) electrons. The lowest BCUT2D eigenvalue weighted by Gasteiger charge is -1.70. The van der Waals surface area contributed by atoms with Gasteiger partial charge in [0.25, 0.3) is 0 Å². The van der Waals surface area contributed by atoms with Crippen molar-refractivity contribution in [1.29, 1.82) is 0 Å². The third-order valence-electron chi connectivity index (χ3n) is 0.412. The number of hydrogen-bond donors (Lipinski definition) is 0. The van der Waals surface area contributed by atoms with E-state index in [0.29, 0.717) is 0 Å². The van der Waals surface area contributed by atoms with Crippen molar-refractivity contribution in [2.24, 2.45) is 0 Å². The highest BCUT2D eigenvalue weighted by molar-refractivity contribution is 9.09. The van der Waals surface area contributed by atoms with E-state index in [1.54, 1.807) is 0 Å². The van der Waals surface area contributed by atoms with Crippen LogP contribution < -0.4 is 0 Å². The molecule has 0 aliphatic rings. The smallest absolute Gasteiger partial charge is 0.0926 e. The molecule has 0 aliphatic carbocycles. The average molecular weight is 170 g/mol. The Kier molecular flexibility index (Phi) is 6.12. The van der Waals surface area contributed by atoms with Gasteiger partial charge < -0.3 is 0 Å². The lowest BCUT2D eigenvalue weighted by Crippen LogP contribution is -1.70. The summed E-state index contributed by atoms with van der Waals surface area (Å²) in [5.41, 5.74) is 0. The highest BCUT2D eigenvalue weighted by Crippen LogP contribution is 1.96. The minimum Gasteiger partial charge on any atom is -0.0926 e. The first-order chi connectivity index (χ1) is 2.91. The summed E-state index contributed by atoms with van der Waals surface area (Å²) in [5.74, 6) is 0. The van der Waals surface area contributed by atoms with Gasteiger partial charge in [-0.15, -0.1) is 0 Å². The first kappa shape index (κ1) is 6.58. The minimum atomic E-state index is -0.115. The van der Waals surface area contributed by atoms with Gasteiger partial charge in [0.2, 0.25) is 0 Å². The van der Waals surface area contributed by atoms with Crippen molar-refractivity contribution in [2.45, 2.75) is 6.42 Å². The number of hydrogen-bond acceptors (Lipinski definition) is 1. The Morgan fingerprint density at radius 1 is 1.67 bits per heavy atom. The zero-order valence-corrected chi connectivity index (χ0v) is 5.99. The van der Waals surface area contributed by atoms with Crippen LogP contribution in [-0.2, 0) is 4.57 Å². The van der Waals surface area contributed by atoms with E-state index >= 15 is 0 Å². The molecule has 0 heterocycles. The predicted octanol–water partition coefficient (Wildman–Crippen LogP) is 1.80. The standard InChI is InChI=1S/C3H6BrOP/c4-2-1-3-6-5/h1-3H2/p+1. The highest BCUT2D eigenvalue weighted by Gasteiger charge is 1.85. The molecule has 0 aromatic carbocycles. The number of rotatable bonds is 3. The molecule has 0 amide bonds. The van der Waals surface area contributed by atoms with Crippen LogP contribution in [0.2, 0.25) is 0 Å². The SMILES string of the molecule is O=[PH+]CCCBr. The van der Waals surface area contributed by atoms with Crippen LogP contribution in [0.5, 0.6) is 0 Å². The lowest BCUT2D eigenvalue weighted by molar-refractivity contribution is 0.598. The van der Waals surface area contributed by atoms with E-state index in [9.17, 15) is 4.57 Å². The molecule has 0 aromatic rings. The van der Waals surface area contributed by atoms with Crippen LogP contribution in [0.15, 0.2) is 0 Å². The fourth-order valence-electron chi connectivity index (χ4n) is 0.139. The molecule has 0 spiro atoms. The van der Waals surface area contributed by atoms with E-state index in [1.807, 2.05) is 0 Å². The Hall–Kier alpha value is 0.580. The molecule has 3 heteroatoms.